The van der Waals surface area contributed by atoms with Crippen molar-refractivity contribution in [1.82, 2.24) is 10.2 Å². The van der Waals surface area contributed by atoms with Gasteiger partial charge in [0.1, 0.15) is 0 Å². The molecule has 2 aliphatic rings. The fourth-order valence-electron chi connectivity index (χ4n) is 3.54. The van der Waals surface area contributed by atoms with Crippen LogP contribution in [0.2, 0.25) is 0 Å². The molecule has 4 rings (SSSR count). The van der Waals surface area contributed by atoms with Crippen molar-refractivity contribution in [3.05, 3.63) is 54.1 Å². The average Bonchev–Trinajstić information content (AvgIpc) is 3.41. The van der Waals surface area contributed by atoms with Crippen LogP contribution in [0.15, 0.2) is 48.5 Å². The summed E-state index contributed by atoms with van der Waals surface area (Å²) in [6.45, 7) is 2.64. The lowest BCUT2D eigenvalue weighted by molar-refractivity contribution is 0.102. The van der Waals surface area contributed by atoms with E-state index in [1.165, 1.54) is 0 Å². The average molecular weight is 393 g/mol. The molecule has 2 heterocycles. The first-order chi connectivity index (χ1) is 14.1. The summed E-state index contributed by atoms with van der Waals surface area (Å²) in [7, 11) is 0. The molecule has 0 spiro atoms. The fraction of sp³-hybridized carbons (Fsp3) is 0.286. The van der Waals surface area contributed by atoms with Gasteiger partial charge in [0.2, 0.25) is 0 Å². The minimum atomic E-state index is -0.311. The molecule has 5 amide bonds. The zero-order chi connectivity index (χ0) is 20.2. The number of nitrogens with zero attached hydrogens (tertiary/aromatic N) is 2. The van der Waals surface area contributed by atoms with Crippen molar-refractivity contribution < 1.29 is 14.4 Å². The van der Waals surface area contributed by atoms with Crippen molar-refractivity contribution in [2.45, 2.75) is 12.8 Å². The summed E-state index contributed by atoms with van der Waals surface area (Å²) < 4.78 is 0. The minimum Gasteiger partial charge on any atom is -0.336 e. The molecule has 2 aliphatic heterocycles. The predicted molar refractivity (Wildman–Crippen MR) is 111 cm³/mol. The number of para-hydroxylation sites is 2. The zero-order valence-electron chi connectivity index (χ0n) is 16.0. The molecule has 0 atom stereocenters. The lowest BCUT2D eigenvalue weighted by Crippen LogP contribution is -2.32. The summed E-state index contributed by atoms with van der Waals surface area (Å²) in [6, 6.07) is 13.7. The third kappa shape index (κ3) is 4.16. The van der Waals surface area contributed by atoms with Gasteiger partial charge in [-0.2, -0.15) is 0 Å². The summed E-state index contributed by atoms with van der Waals surface area (Å²) in [4.78, 5) is 40.4. The summed E-state index contributed by atoms with van der Waals surface area (Å²) in [5, 5.41) is 8.49. The Morgan fingerprint density at radius 3 is 2.31 bits per heavy atom. The number of carbonyl (C=O) groups is 3. The molecule has 0 aliphatic carbocycles. The number of nitrogens with one attached hydrogen (secondary N) is 3. The first-order valence-electron chi connectivity index (χ1n) is 9.73. The molecular formula is C21H23N5O3. The quantitative estimate of drug-likeness (QED) is 0.745. The minimum absolute atomic E-state index is 0.161. The molecule has 2 fully saturated rings. The van der Waals surface area contributed by atoms with Crippen LogP contribution >= 0.6 is 0 Å². The van der Waals surface area contributed by atoms with Gasteiger partial charge in [0, 0.05) is 37.4 Å². The van der Waals surface area contributed by atoms with Crippen molar-refractivity contribution in [2.75, 3.05) is 41.7 Å². The fourth-order valence-corrected chi connectivity index (χ4v) is 3.54. The normalized spacial score (nSPS) is 15.9. The number of benzene rings is 2. The van der Waals surface area contributed by atoms with Crippen molar-refractivity contribution >= 4 is 35.0 Å². The summed E-state index contributed by atoms with van der Waals surface area (Å²) in [6.07, 6.45) is 2.02. The number of urea groups is 2. The molecule has 3 N–H and O–H groups in total. The second-order valence-electron chi connectivity index (χ2n) is 7.06. The van der Waals surface area contributed by atoms with Gasteiger partial charge in [-0.25, -0.2) is 9.59 Å². The second-order valence-corrected chi connectivity index (χ2v) is 7.06. The molecule has 29 heavy (non-hydrogen) atoms. The molecule has 0 radical (unpaired) electrons. The Bertz CT molecular complexity index is 939. The lowest BCUT2D eigenvalue weighted by Gasteiger charge is -2.18. The van der Waals surface area contributed by atoms with E-state index in [2.05, 4.69) is 16.0 Å². The van der Waals surface area contributed by atoms with Crippen LogP contribution in [-0.2, 0) is 0 Å². The first kappa shape index (κ1) is 18.8. The largest absolute Gasteiger partial charge is 0.336 e. The van der Waals surface area contributed by atoms with Crippen molar-refractivity contribution in [3.63, 3.8) is 0 Å². The molecule has 0 unspecified atom stereocenters. The molecule has 2 aromatic carbocycles. The summed E-state index contributed by atoms with van der Waals surface area (Å²) in [5.41, 5.74) is 2.17. The van der Waals surface area contributed by atoms with Gasteiger partial charge < -0.3 is 20.9 Å². The van der Waals surface area contributed by atoms with Gasteiger partial charge in [-0.15, -0.1) is 0 Å². The Balaban J connectivity index is 1.49. The highest BCUT2D eigenvalue weighted by molar-refractivity contribution is 6.08. The van der Waals surface area contributed by atoms with E-state index in [9.17, 15) is 14.4 Å². The number of likely N-dealkylation sites (tertiary alicyclic amines) is 1. The maximum Gasteiger partial charge on any atom is 0.321 e. The van der Waals surface area contributed by atoms with Gasteiger partial charge in [-0.3, -0.25) is 9.69 Å². The SMILES string of the molecule is O=C(Nc1ccccc1NC(=O)N1CCCC1)c1cccc(N2CCNC2=O)c1. The smallest absolute Gasteiger partial charge is 0.321 e. The Morgan fingerprint density at radius 1 is 0.897 bits per heavy atom. The Morgan fingerprint density at radius 2 is 1.62 bits per heavy atom. The standard InChI is InChI=1S/C21H23N5O3/c27-19(15-6-5-7-16(14-15)26-13-10-22-20(26)28)23-17-8-1-2-9-18(17)24-21(29)25-11-3-4-12-25/h1-2,5-9,14H,3-4,10-13H2,(H,22,28)(H,23,27)(H,24,29). The topological polar surface area (TPSA) is 93.8 Å². The first-order valence-corrected chi connectivity index (χ1v) is 9.73. The van der Waals surface area contributed by atoms with Crippen LogP contribution in [0.3, 0.4) is 0 Å². The Hall–Kier alpha value is -3.55. The maximum atomic E-state index is 12.8. The molecule has 0 aromatic heterocycles. The van der Waals surface area contributed by atoms with Gasteiger partial charge in [0.05, 0.1) is 11.4 Å². The van der Waals surface area contributed by atoms with E-state index in [0.29, 0.717) is 35.7 Å². The molecule has 0 bridgehead atoms. The third-order valence-corrected chi connectivity index (χ3v) is 5.09. The molecule has 2 aromatic rings. The molecule has 0 saturated carbocycles. The van der Waals surface area contributed by atoms with Gasteiger partial charge in [-0.1, -0.05) is 18.2 Å². The highest BCUT2D eigenvalue weighted by Crippen LogP contribution is 2.24. The zero-order valence-corrected chi connectivity index (χ0v) is 16.0. The van der Waals surface area contributed by atoms with E-state index in [0.717, 1.165) is 25.9 Å². The number of anilines is 3. The Kier molecular flexibility index (Phi) is 5.33. The van der Waals surface area contributed by atoms with Gasteiger partial charge >= 0.3 is 12.1 Å². The van der Waals surface area contributed by atoms with Crippen LogP contribution < -0.4 is 20.9 Å². The monoisotopic (exact) mass is 393 g/mol. The van der Waals surface area contributed by atoms with Crippen LogP contribution in [-0.4, -0.2) is 49.0 Å². The van der Waals surface area contributed by atoms with Crippen LogP contribution in [0.5, 0.6) is 0 Å². The lowest BCUT2D eigenvalue weighted by atomic mass is 10.1. The van der Waals surface area contributed by atoms with E-state index in [1.807, 2.05) is 6.07 Å². The van der Waals surface area contributed by atoms with Crippen molar-refractivity contribution in [2.24, 2.45) is 0 Å². The summed E-state index contributed by atoms with van der Waals surface area (Å²) >= 11 is 0. The van der Waals surface area contributed by atoms with E-state index in [1.54, 1.807) is 52.3 Å². The van der Waals surface area contributed by atoms with Gasteiger partial charge in [0.15, 0.2) is 0 Å². The molecule has 150 valence electrons. The molecule has 8 heteroatoms. The van der Waals surface area contributed by atoms with Crippen LogP contribution in [0, 0.1) is 0 Å². The Labute approximate surface area is 168 Å². The third-order valence-electron chi connectivity index (χ3n) is 5.09. The molecule has 8 nitrogen and oxygen atoms in total. The number of hydrogen-bond acceptors (Lipinski definition) is 3. The van der Waals surface area contributed by atoms with E-state index < -0.39 is 0 Å². The number of carbonyl (C=O) groups excluding carboxylic acids is 3. The van der Waals surface area contributed by atoms with Crippen LogP contribution in [0.25, 0.3) is 0 Å². The highest BCUT2D eigenvalue weighted by Gasteiger charge is 2.22. The van der Waals surface area contributed by atoms with E-state index >= 15 is 0 Å². The van der Waals surface area contributed by atoms with E-state index in [-0.39, 0.29) is 18.0 Å². The molecule has 2 saturated heterocycles. The number of amides is 5. The summed E-state index contributed by atoms with van der Waals surface area (Å²) in [5.74, 6) is -0.311. The second kappa shape index (κ2) is 8.22. The molecular weight excluding hydrogens is 370 g/mol. The highest BCUT2D eigenvalue weighted by atomic mass is 16.2. The predicted octanol–water partition coefficient (Wildman–Crippen LogP) is 3.10. The van der Waals surface area contributed by atoms with Crippen LogP contribution in [0.4, 0.5) is 26.7 Å². The van der Waals surface area contributed by atoms with Gasteiger partial charge in [-0.05, 0) is 43.2 Å². The van der Waals surface area contributed by atoms with E-state index in [4.69, 9.17) is 0 Å². The van der Waals surface area contributed by atoms with Crippen molar-refractivity contribution in [3.8, 4) is 0 Å². The van der Waals surface area contributed by atoms with Crippen molar-refractivity contribution in [1.29, 1.82) is 0 Å². The number of hydrogen-bond donors (Lipinski definition) is 3. The number of rotatable bonds is 4. The van der Waals surface area contributed by atoms with Crippen LogP contribution in [0.1, 0.15) is 23.2 Å². The van der Waals surface area contributed by atoms with Gasteiger partial charge in [0.25, 0.3) is 5.91 Å². The maximum absolute atomic E-state index is 12.8.